The van der Waals surface area contributed by atoms with Gasteiger partial charge < -0.3 is 10.3 Å². The van der Waals surface area contributed by atoms with Crippen molar-refractivity contribution in [2.24, 2.45) is 0 Å². The van der Waals surface area contributed by atoms with Crippen LogP contribution in [0.15, 0.2) is 42.5 Å². The maximum absolute atomic E-state index is 12.1. The Morgan fingerprint density at radius 3 is 2.59 bits per heavy atom. The third kappa shape index (κ3) is 3.34. The molecule has 0 radical (unpaired) electrons. The fourth-order valence-corrected chi connectivity index (χ4v) is 2.63. The summed E-state index contributed by atoms with van der Waals surface area (Å²) < 4.78 is 0. The van der Waals surface area contributed by atoms with E-state index >= 15 is 0 Å². The highest BCUT2D eigenvalue weighted by Gasteiger charge is 2.07. The van der Waals surface area contributed by atoms with Crippen LogP contribution in [0.5, 0.6) is 0 Å². The second kappa shape index (κ2) is 6.02. The first-order chi connectivity index (χ1) is 10.6. The molecular weight excluding hydrogens is 274 g/mol. The summed E-state index contributed by atoms with van der Waals surface area (Å²) in [5, 5.41) is 2.95. The number of hydrogen-bond donors (Lipinski definition) is 2. The van der Waals surface area contributed by atoms with Gasteiger partial charge in [-0.2, -0.15) is 0 Å². The van der Waals surface area contributed by atoms with E-state index < -0.39 is 0 Å². The topological polar surface area (TPSA) is 57.8 Å². The molecule has 0 aliphatic heterocycles. The maximum Gasteiger partial charge on any atom is 0.224 e. The van der Waals surface area contributed by atoms with Crippen molar-refractivity contribution in [3.63, 3.8) is 0 Å². The summed E-state index contributed by atoms with van der Waals surface area (Å²) in [7, 11) is 0. The van der Waals surface area contributed by atoms with E-state index in [0.29, 0.717) is 12.8 Å². The molecule has 2 N–H and O–H groups in total. The minimum atomic E-state index is 0.00505. The normalized spacial score (nSPS) is 10.8. The van der Waals surface area contributed by atoms with Gasteiger partial charge >= 0.3 is 0 Å². The molecule has 1 amide bonds. The Balaban J connectivity index is 1.62. The molecule has 0 atom stereocenters. The van der Waals surface area contributed by atoms with Crippen molar-refractivity contribution in [3.8, 4) is 0 Å². The Labute approximate surface area is 129 Å². The lowest BCUT2D eigenvalue weighted by molar-refractivity contribution is -0.116. The van der Waals surface area contributed by atoms with E-state index in [-0.39, 0.29) is 5.91 Å². The Morgan fingerprint density at radius 1 is 1.14 bits per heavy atom. The number of rotatable bonds is 4. The zero-order chi connectivity index (χ0) is 15.5. The minimum Gasteiger partial charge on any atom is -0.342 e. The fraction of sp³-hybridized carbons (Fsp3) is 0.222. The Bertz CT molecular complexity index is 767. The van der Waals surface area contributed by atoms with Gasteiger partial charge in [0.2, 0.25) is 5.91 Å². The van der Waals surface area contributed by atoms with Crippen LogP contribution in [-0.2, 0) is 11.2 Å². The van der Waals surface area contributed by atoms with E-state index in [9.17, 15) is 4.79 Å². The highest BCUT2D eigenvalue weighted by atomic mass is 16.1. The van der Waals surface area contributed by atoms with Crippen molar-refractivity contribution < 1.29 is 4.79 Å². The lowest BCUT2D eigenvalue weighted by atomic mass is 10.1. The molecule has 112 valence electrons. The zero-order valence-corrected chi connectivity index (χ0v) is 12.8. The number of anilines is 1. The van der Waals surface area contributed by atoms with Crippen LogP contribution in [0.1, 0.15) is 23.4 Å². The van der Waals surface area contributed by atoms with Crippen LogP contribution in [-0.4, -0.2) is 15.9 Å². The molecule has 3 aromatic rings. The number of carbonyl (C=O) groups excluding carboxylic acids is 1. The van der Waals surface area contributed by atoms with Crippen LogP contribution in [0, 0.1) is 13.8 Å². The number of amides is 1. The molecule has 0 saturated heterocycles. The summed E-state index contributed by atoms with van der Waals surface area (Å²) in [6.07, 6.45) is 1.01. The molecule has 22 heavy (non-hydrogen) atoms. The lowest BCUT2D eigenvalue weighted by Crippen LogP contribution is -2.13. The van der Waals surface area contributed by atoms with Crippen LogP contribution >= 0.6 is 0 Å². The predicted octanol–water partition coefficient (Wildman–Crippen LogP) is 3.75. The quantitative estimate of drug-likeness (QED) is 0.769. The molecule has 4 heteroatoms. The number of nitrogens with zero attached hydrogens (tertiary/aromatic N) is 1. The standard InChI is InChI=1S/C18H19N3O/c1-12-9-13(2)11-14(10-12)19-18(22)8-7-17-20-15-5-3-4-6-16(15)21-17/h3-6,9-11H,7-8H2,1-2H3,(H,19,22)(H,20,21). The molecule has 0 bridgehead atoms. The third-order valence-corrected chi connectivity index (χ3v) is 3.53. The number of imidazole rings is 1. The average Bonchev–Trinajstić information content (AvgIpc) is 2.87. The molecule has 2 aromatic carbocycles. The fourth-order valence-electron chi connectivity index (χ4n) is 2.63. The maximum atomic E-state index is 12.1. The number of aromatic nitrogens is 2. The second-order valence-corrected chi connectivity index (χ2v) is 5.63. The number of para-hydroxylation sites is 2. The number of fused-ring (bicyclic) bond motifs is 1. The number of aromatic amines is 1. The van der Waals surface area contributed by atoms with E-state index in [2.05, 4.69) is 21.4 Å². The van der Waals surface area contributed by atoms with Gasteiger partial charge in [0.05, 0.1) is 11.0 Å². The molecule has 1 aromatic heterocycles. The SMILES string of the molecule is Cc1cc(C)cc(NC(=O)CCc2nc3ccccc3[nH]2)c1. The average molecular weight is 293 g/mol. The molecule has 4 nitrogen and oxygen atoms in total. The highest BCUT2D eigenvalue weighted by Crippen LogP contribution is 2.15. The summed E-state index contributed by atoms with van der Waals surface area (Å²) in [6.45, 7) is 4.05. The van der Waals surface area contributed by atoms with Gasteiger partial charge in [-0.3, -0.25) is 4.79 Å². The first kappa shape index (κ1) is 14.3. The first-order valence-corrected chi connectivity index (χ1v) is 7.42. The van der Waals surface area contributed by atoms with Crippen LogP contribution in [0.3, 0.4) is 0 Å². The van der Waals surface area contributed by atoms with Crippen LogP contribution < -0.4 is 5.32 Å². The Hall–Kier alpha value is -2.62. The zero-order valence-electron chi connectivity index (χ0n) is 12.8. The Kier molecular flexibility index (Phi) is 3.92. The van der Waals surface area contributed by atoms with Gasteiger partial charge in [-0.1, -0.05) is 18.2 Å². The smallest absolute Gasteiger partial charge is 0.224 e. The van der Waals surface area contributed by atoms with Crippen molar-refractivity contribution in [1.82, 2.24) is 9.97 Å². The number of carbonyl (C=O) groups is 1. The van der Waals surface area contributed by atoms with Crippen LogP contribution in [0.2, 0.25) is 0 Å². The molecule has 1 heterocycles. The van der Waals surface area contributed by atoms with Gasteiger partial charge in [-0.05, 0) is 49.2 Å². The number of H-pyrrole nitrogens is 1. The predicted molar refractivity (Wildman–Crippen MR) is 89.0 cm³/mol. The van der Waals surface area contributed by atoms with Crippen molar-refractivity contribution in [1.29, 1.82) is 0 Å². The lowest BCUT2D eigenvalue weighted by Gasteiger charge is -2.07. The van der Waals surface area contributed by atoms with Gasteiger partial charge in [0.1, 0.15) is 5.82 Å². The van der Waals surface area contributed by atoms with Gasteiger partial charge in [-0.15, -0.1) is 0 Å². The van der Waals surface area contributed by atoms with Gasteiger partial charge in [0.25, 0.3) is 0 Å². The summed E-state index contributed by atoms with van der Waals surface area (Å²) in [6, 6.07) is 13.9. The molecule has 3 rings (SSSR count). The van der Waals surface area contributed by atoms with Crippen molar-refractivity contribution in [2.45, 2.75) is 26.7 Å². The van der Waals surface area contributed by atoms with Crippen LogP contribution in [0.4, 0.5) is 5.69 Å². The summed E-state index contributed by atoms with van der Waals surface area (Å²) >= 11 is 0. The van der Waals surface area contributed by atoms with E-state index in [0.717, 1.165) is 33.7 Å². The molecule has 0 unspecified atom stereocenters. The third-order valence-electron chi connectivity index (χ3n) is 3.53. The number of hydrogen-bond acceptors (Lipinski definition) is 2. The molecule has 0 saturated carbocycles. The van der Waals surface area contributed by atoms with E-state index in [1.165, 1.54) is 0 Å². The number of benzene rings is 2. The summed E-state index contributed by atoms with van der Waals surface area (Å²) in [5.41, 5.74) is 5.09. The van der Waals surface area contributed by atoms with E-state index in [4.69, 9.17) is 0 Å². The van der Waals surface area contributed by atoms with Crippen molar-refractivity contribution in [2.75, 3.05) is 5.32 Å². The van der Waals surface area contributed by atoms with Gasteiger partial charge in [0.15, 0.2) is 0 Å². The monoisotopic (exact) mass is 293 g/mol. The molecule has 0 aliphatic carbocycles. The highest BCUT2D eigenvalue weighted by molar-refractivity contribution is 5.91. The number of nitrogens with one attached hydrogen (secondary N) is 2. The van der Waals surface area contributed by atoms with Crippen LogP contribution in [0.25, 0.3) is 11.0 Å². The minimum absolute atomic E-state index is 0.00505. The Morgan fingerprint density at radius 2 is 1.86 bits per heavy atom. The molecule has 0 aliphatic rings. The van der Waals surface area contributed by atoms with Gasteiger partial charge in [-0.25, -0.2) is 4.98 Å². The largest absolute Gasteiger partial charge is 0.342 e. The van der Waals surface area contributed by atoms with E-state index in [1.807, 2.05) is 50.2 Å². The van der Waals surface area contributed by atoms with Crippen molar-refractivity contribution >= 4 is 22.6 Å². The molecule has 0 fully saturated rings. The van der Waals surface area contributed by atoms with E-state index in [1.54, 1.807) is 0 Å². The van der Waals surface area contributed by atoms with Gasteiger partial charge in [0, 0.05) is 18.5 Å². The summed E-state index contributed by atoms with van der Waals surface area (Å²) in [4.78, 5) is 19.8. The summed E-state index contributed by atoms with van der Waals surface area (Å²) in [5.74, 6) is 0.849. The molecular formula is C18H19N3O. The first-order valence-electron chi connectivity index (χ1n) is 7.42. The number of aryl methyl sites for hydroxylation is 3. The second-order valence-electron chi connectivity index (χ2n) is 5.63. The van der Waals surface area contributed by atoms with Crippen molar-refractivity contribution in [3.05, 3.63) is 59.4 Å². The molecule has 0 spiro atoms.